The summed E-state index contributed by atoms with van der Waals surface area (Å²) in [5.74, 6) is 0.927. The van der Waals surface area contributed by atoms with Crippen LogP contribution in [0.5, 0.6) is 0 Å². The van der Waals surface area contributed by atoms with Crippen LogP contribution >= 0.6 is 0 Å². The number of hydrogen-bond acceptors (Lipinski definition) is 3. The second kappa shape index (κ2) is 4.96. The van der Waals surface area contributed by atoms with Gasteiger partial charge in [-0.15, -0.1) is 0 Å². The summed E-state index contributed by atoms with van der Waals surface area (Å²) >= 11 is 0. The van der Waals surface area contributed by atoms with Crippen LogP contribution in [0.25, 0.3) is 5.65 Å². The summed E-state index contributed by atoms with van der Waals surface area (Å²) in [5.41, 5.74) is 0.882. The number of anilines is 1. The van der Waals surface area contributed by atoms with Gasteiger partial charge in [0.15, 0.2) is 5.65 Å². The van der Waals surface area contributed by atoms with Gasteiger partial charge in [-0.3, -0.25) is 0 Å². The van der Waals surface area contributed by atoms with E-state index in [0.29, 0.717) is 6.04 Å². The zero-order valence-corrected chi connectivity index (χ0v) is 9.85. The molecule has 1 N–H and O–H groups in total. The van der Waals surface area contributed by atoms with Crippen LogP contribution in [0.2, 0.25) is 0 Å². The Kier molecular flexibility index (Phi) is 3.39. The van der Waals surface area contributed by atoms with Gasteiger partial charge in [-0.2, -0.15) is 5.10 Å². The van der Waals surface area contributed by atoms with E-state index in [9.17, 15) is 0 Å². The highest BCUT2D eigenvalue weighted by Crippen LogP contribution is 2.10. The first-order chi connectivity index (χ1) is 7.79. The van der Waals surface area contributed by atoms with E-state index in [4.69, 9.17) is 0 Å². The smallest absolute Gasteiger partial charge is 0.157 e. The van der Waals surface area contributed by atoms with Crippen molar-refractivity contribution in [2.24, 2.45) is 0 Å². The van der Waals surface area contributed by atoms with Gasteiger partial charge in [0.2, 0.25) is 0 Å². The number of unbranched alkanes of at least 4 members (excludes halogenated alkanes) is 1. The predicted molar refractivity (Wildman–Crippen MR) is 65.6 cm³/mol. The fourth-order valence-electron chi connectivity index (χ4n) is 1.73. The van der Waals surface area contributed by atoms with Crippen LogP contribution in [-0.2, 0) is 0 Å². The molecule has 0 amide bonds. The van der Waals surface area contributed by atoms with Gasteiger partial charge in [0.1, 0.15) is 5.82 Å². The van der Waals surface area contributed by atoms with Crippen LogP contribution < -0.4 is 5.32 Å². The molecular formula is C12H18N4. The minimum atomic E-state index is 0.470. The molecule has 86 valence electrons. The average Bonchev–Trinajstić information content (AvgIpc) is 2.73. The van der Waals surface area contributed by atoms with E-state index >= 15 is 0 Å². The molecule has 0 saturated heterocycles. The molecule has 0 bridgehead atoms. The van der Waals surface area contributed by atoms with Crippen LogP contribution in [0.1, 0.15) is 33.1 Å². The highest BCUT2D eigenvalue weighted by Gasteiger charge is 2.03. The monoisotopic (exact) mass is 218 g/mol. The molecule has 2 heterocycles. The van der Waals surface area contributed by atoms with E-state index in [-0.39, 0.29) is 0 Å². The number of aromatic nitrogens is 3. The van der Waals surface area contributed by atoms with Gasteiger partial charge in [0.25, 0.3) is 0 Å². The number of nitrogens with one attached hydrogen (secondary N) is 1. The maximum absolute atomic E-state index is 4.47. The number of nitrogens with zero attached hydrogens (tertiary/aromatic N) is 3. The van der Waals surface area contributed by atoms with Crippen LogP contribution in [0.15, 0.2) is 24.5 Å². The molecule has 4 heteroatoms. The molecule has 0 saturated carbocycles. The fourth-order valence-corrected chi connectivity index (χ4v) is 1.73. The maximum atomic E-state index is 4.47. The van der Waals surface area contributed by atoms with Crippen molar-refractivity contribution in [3.8, 4) is 0 Å². The van der Waals surface area contributed by atoms with Crippen LogP contribution in [0.4, 0.5) is 5.82 Å². The molecule has 0 aliphatic heterocycles. The molecule has 0 fully saturated rings. The highest BCUT2D eigenvalue weighted by molar-refractivity contribution is 5.45. The molecule has 0 aliphatic carbocycles. The molecule has 0 aliphatic rings. The molecule has 16 heavy (non-hydrogen) atoms. The molecule has 0 radical (unpaired) electrons. The van der Waals surface area contributed by atoms with Crippen molar-refractivity contribution in [2.75, 3.05) is 5.32 Å². The largest absolute Gasteiger partial charge is 0.368 e. The summed E-state index contributed by atoms with van der Waals surface area (Å²) in [6.07, 6.45) is 7.36. The van der Waals surface area contributed by atoms with Crippen molar-refractivity contribution in [1.29, 1.82) is 0 Å². The third-order valence-corrected chi connectivity index (χ3v) is 2.64. The van der Waals surface area contributed by atoms with Crippen molar-refractivity contribution in [2.45, 2.75) is 39.2 Å². The van der Waals surface area contributed by atoms with Gasteiger partial charge < -0.3 is 5.32 Å². The predicted octanol–water partition coefficient (Wildman–Crippen LogP) is 2.72. The zero-order chi connectivity index (χ0) is 11.4. The molecule has 0 spiro atoms. The third-order valence-electron chi connectivity index (χ3n) is 2.64. The van der Waals surface area contributed by atoms with Crippen molar-refractivity contribution < 1.29 is 0 Å². The van der Waals surface area contributed by atoms with Crippen molar-refractivity contribution >= 4 is 11.5 Å². The standard InChI is InChI=1S/C12H18N4/c1-3-4-5-10(2)14-11-7-9-16-12(15-11)6-8-13-16/h6-10H,3-5H2,1-2H3,(H,14,15). The summed E-state index contributed by atoms with van der Waals surface area (Å²) in [6.45, 7) is 4.40. The van der Waals surface area contributed by atoms with Gasteiger partial charge in [-0.1, -0.05) is 19.8 Å². The Morgan fingerprint density at radius 1 is 1.44 bits per heavy atom. The zero-order valence-electron chi connectivity index (χ0n) is 9.85. The second-order valence-corrected chi connectivity index (χ2v) is 4.13. The third kappa shape index (κ3) is 2.51. The van der Waals surface area contributed by atoms with E-state index in [2.05, 4.69) is 29.2 Å². The van der Waals surface area contributed by atoms with E-state index in [1.165, 1.54) is 19.3 Å². The van der Waals surface area contributed by atoms with Crippen LogP contribution in [0.3, 0.4) is 0 Å². The Balaban J connectivity index is 2.03. The fraction of sp³-hybridized carbons (Fsp3) is 0.500. The summed E-state index contributed by atoms with van der Waals surface area (Å²) in [4.78, 5) is 4.47. The van der Waals surface area contributed by atoms with E-state index in [0.717, 1.165) is 11.5 Å². The SMILES string of the molecule is CCCCC(C)Nc1ccn2nccc2n1. The lowest BCUT2D eigenvalue weighted by atomic mass is 10.1. The maximum Gasteiger partial charge on any atom is 0.157 e. The lowest BCUT2D eigenvalue weighted by Crippen LogP contribution is -2.15. The molecule has 2 aromatic rings. The highest BCUT2D eigenvalue weighted by atomic mass is 15.2. The first-order valence-corrected chi connectivity index (χ1v) is 5.86. The lowest BCUT2D eigenvalue weighted by molar-refractivity contribution is 0.643. The van der Waals surface area contributed by atoms with Crippen molar-refractivity contribution in [3.05, 3.63) is 24.5 Å². The van der Waals surface area contributed by atoms with Crippen molar-refractivity contribution in [1.82, 2.24) is 14.6 Å². The van der Waals surface area contributed by atoms with Gasteiger partial charge in [0, 0.05) is 18.3 Å². The average molecular weight is 218 g/mol. The van der Waals surface area contributed by atoms with Gasteiger partial charge in [0.05, 0.1) is 6.20 Å². The second-order valence-electron chi connectivity index (χ2n) is 4.13. The molecule has 1 unspecified atom stereocenters. The summed E-state index contributed by atoms with van der Waals surface area (Å²) in [5, 5.41) is 7.52. The normalized spacial score (nSPS) is 12.9. The quantitative estimate of drug-likeness (QED) is 0.839. The topological polar surface area (TPSA) is 42.2 Å². The van der Waals surface area contributed by atoms with E-state index < -0.39 is 0 Å². The van der Waals surface area contributed by atoms with Crippen molar-refractivity contribution in [3.63, 3.8) is 0 Å². The van der Waals surface area contributed by atoms with Gasteiger partial charge in [-0.05, 0) is 19.4 Å². The molecule has 0 aromatic carbocycles. The number of fused-ring (bicyclic) bond motifs is 1. The minimum Gasteiger partial charge on any atom is -0.368 e. The first kappa shape index (κ1) is 10.9. The van der Waals surface area contributed by atoms with Gasteiger partial charge in [-0.25, -0.2) is 9.50 Å². The molecule has 1 atom stereocenters. The van der Waals surface area contributed by atoms with Crippen LogP contribution in [0, 0.1) is 0 Å². The van der Waals surface area contributed by atoms with E-state index in [1.54, 1.807) is 10.7 Å². The Labute approximate surface area is 95.7 Å². The summed E-state index contributed by atoms with van der Waals surface area (Å²) in [7, 11) is 0. The lowest BCUT2D eigenvalue weighted by Gasteiger charge is -2.13. The summed E-state index contributed by atoms with van der Waals surface area (Å²) < 4.78 is 1.77. The first-order valence-electron chi connectivity index (χ1n) is 5.86. The van der Waals surface area contributed by atoms with Gasteiger partial charge >= 0.3 is 0 Å². The van der Waals surface area contributed by atoms with E-state index in [1.807, 2.05) is 18.3 Å². The molecule has 4 nitrogen and oxygen atoms in total. The summed E-state index contributed by atoms with van der Waals surface area (Å²) in [6, 6.07) is 4.34. The Morgan fingerprint density at radius 3 is 3.12 bits per heavy atom. The Morgan fingerprint density at radius 2 is 2.31 bits per heavy atom. The molecular weight excluding hydrogens is 200 g/mol. The molecule has 2 rings (SSSR count). The number of rotatable bonds is 5. The number of hydrogen-bond donors (Lipinski definition) is 1. The molecule has 2 aromatic heterocycles. The Bertz CT molecular complexity index is 449. The Hall–Kier alpha value is -1.58. The van der Waals surface area contributed by atoms with Crippen LogP contribution in [-0.4, -0.2) is 20.6 Å². The minimum absolute atomic E-state index is 0.470.